The highest BCUT2D eigenvalue weighted by Gasteiger charge is 2.18. The molecule has 1 N–H and O–H groups in total. The lowest BCUT2D eigenvalue weighted by Crippen LogP contribution is -2.23. The molecule has 1 aromatic carbocycles. The molecule has 0 saturated heterocycles. The maximum atomic E-state index is 12.9. The molecular weight excluding hydrogens is 331 g/mol. The molecule has 24 heavy (non-hydrogen) atoms. The van der Waals surface area contributed by atoms with Gasteiger partial charge in [-0.3, -0.25) is 4.79 Å². The number of anilines is 1. The van der Waals surface area contributed by atoms with E-state index in [-0.39, 0.29) is 11.7 Å². The largest absolute Gasteiger partial charge is 0.467 e. The molecule has 3 rings (SSSR count). The number of amides is 1. The van der Waals surface area contributed by atoms with E-state index in [0.29, 0.717) is 17.4 Å². The number of aromatic nitrogens is 3. The third-order valence-corrected chi connectivity index (χ3v) is 4.34. The summed E-state index contributed by atoms with van der Waals surface area (Å²) >= 11 is 1.29. The predicted octanol–water partition coefficient (Wildman–Crippen LogP) is 3.18. The van der Waals surface area contributed by atoms with Crippen LogP contribution < -0.4 is 5.32 Å². The summed E-state index contributed by atoms with van der Waals surface area (Å²) in [4.78, 5) is 12.3. The Hall–Kier alpha value is -2.61. The van der Waals surface area contributed by atoms with Crippen molar-refractivity contribution in [2.75, 3.05) is 5.32 Å². The van der Waals surface area contributed by atoms with Crippen molar-refractivity contribution in [2.24, 2.45) is 0 Å². The van der Waals surface area contributed by atoms with Gasteiger partial charge in [-0.05, 0) is 43.3 Å². The first kappa shape index (κ1) is 16.3. The minimum absolute atomic E-state index is 0.195. The number of carbonyl (C=O) groups excluding carboxylic acids is 1. The number of benzene rings is 1. The molecule has 0 saturated carbocycles. The minimum atomic E-state index is -0.394. The van der Waals surface area contributed by atoms with Crippen LogP contribution >= 0.6 is 11.8 Å². The first-order valence-corrected chi connectivity index (χ1v) is 8.13. The van der Waals surface area contributed by atoms with Crippen LogP contribution in [0.1, 0.15) is 12.7 Å². The van der Waals surface area contributed by atoms with Gasteiger partial charge in [-0.15, -0.1) is 10.2 Å². The van der Waals surface area contributed by atoms with E-state index < -0.39 is 5.25 Å². The molecule has 2 heterocycles. The summed E-state index contributed by atoms with van der Waals surface area (Å²) in [6, 6.07) is 9.30. The molecule has 8 heteroatoms. The van der Waals surface area contributed by atoms with Gasteiger partial charge in [0.2, 0.25) is 5.91 Å². The van der Waals surface area contributed by atoms with E-state index in [1.54, 1.807) is 19.5 Å². The maximum Gasteiger partial charge on any atom is 0.237 e. The fourth-order valence-corrected chi connectivity index (χ4v) is 2.83. The smallest absolute Gasteiger partial charge is 0.237 e. The van der Waals surface area contributed by atoms with Crippen molar-refractivity contribution in [3.8, 4) is 0 Å². The van der Waals surface area contributed by atoms with Gasteiger partial charge in [0.25, 0.3) is 0 Å². The summed E-state index contributed by atoms with van der Waals surface area (Å²) in [6.45, 7) is 2.27. The van der Waals surface area contributed by atoms with Crippen LogP contribution in [0.15, 0.2) is 58.6 Å². The van der Waals surface area contributed by atoms with Crippen molar-refractivity contribution in [3.05, 3.63) is 60.6 Å². The fraction of sp³-hybridized carbons (Fsp3) is 0.188. The van der Waals surface area contributed by atoms with Gasteiger partial charge in [-0.2, -0.15) is 0 Å². The van der Waals surface area contributed by atoms with Gasteiger partial charge in [0.15, 0.2) is 5.16 Å². The molecule has 0 aliphatic carbocycles. The number of hydrogen-bond donors (Lipinski definition) is 1. The first-order chi connectivity index (χ1) is 11.6. The number of nitrogens with one attached hydrogen (secondary N) is 1. The van der Waals surface area contributed by atoms with Crippen molar-refractivity contribution in [1.82, 2.24) is 14.8 Å². The summed E-state index contributed by atoms with van der Waals surface area (Å²) in [5.74, 6) is 0.237. The van der Waals surface area contributed by atoms with Crippen LogP contribution in [-0.2, 0) is 11.3 Å². The predicted molar refractivity (Wildman–Crippen MR) is 88.2 cm³/mol. The molecule has 0 aliphatic heterocycles. The minimum Gasteiger partial charge on any atom is -0.467 e. The van der Waals surface area contributed by atoms with Crippen LogP contribution in [-0.4, -0.2) is 25.9 Å². The van der Waals surface area contributed by atoms with Crippen LogP contribution in [0.5, 0.6) is 0 Å². The summed E-state index contributed by atoms with van der Waals surface area (Å²) < 4.78 is 20.0. The molecule has 0 bridgehead atoms. The summed E-state index contributed by atoms with van der Waals surface area (Å²) in [5.41, 5.74) is 0.547. The van der Waals surface area contributed by atoms with E-state index >= 15 is 0 Å². The molecule has 0 radical (unpaired) electrons. The highest BCUT2D eigenvalue weighted by molar-refractivity contribution is 8.00. The third-order valence-electron chi connectivity index (χ3n) is 3.25. The van der Waals surface area contributed by atoms with Gasteiger partial charge in [-0.1, -0.05) is 11.8 Å². The van der Waals surface area contributed by atoms with Gasteiger partial charge < -0.3 is 14.3 Å². The quantitative estimate of drug-likeness (QED) is 0.694. The second-order valence-corrected chi connectivity index (χ2v) is 6.38. The van der Waals surface area contributed by atoms with Crippen molar-refractivity contribution in [1.29, 1.82) is 0 Å². The van der Waals surface area contributed by atoms with Crippen LogP contribution in [0.2, 0.25) is 0 Å². The Balaban J connectivity index is 1.62. The number of hydrogen-bond acceptors (Lipinski definition) is 5. The van der Waals surface area contributed by atoms with Gasteiger partial charge in [0, 0.05) is 5.69 Å². The Morgan fingerprint density at radius 3 is 2.88 bits per heavy atom. The van der Waals surface area contributed by atoms with E-state index in [2.05, 4.69) is 15.5 Å². The molecule has 6 nitrogen and oxygen atoms in total. The Labute approximate surface area is 142 Å². The van der Waals surface area contributed by atoms with Gasteiger partial charge in [0.05, 0.1) is 18.1 Å². The fourth-order valence-electron chi connectivity index (χ4n) is 2.00. The van der Waals surface area contributed by atoms with Crippen molar-refractivity contribution in [2.45, 2.75) is 23.9 Å². The van der Waals surface area contributed by atoms with Crippen LogP contribution in [0, 0.1) is 5.82 Å². The molecule has 1 atom stereocenters. The van der Waals surface area contributed by atoms with E-state index in [0.717, 1.165) is 5.76 Å². The zero-order chi connectivity index (χ0) is 16.9. The number of carbonyl (C=O) groups is 1. The maximum absolute atomic E-state index is 12.9. The van der Waals surface area contributed by atoms with Gasteiger partial charge >= 0.3 is 0 Å². The van der Waals surface area contributed by atoms with E-state index in [4.69, 9.17) is 4.42 Å². The Morgan fingerprint density at radius 2 is 2.17 bits per heavy atom. The van der Waals surface area contributed by atoms with Crippen molar-refractivity contribution < 1.29 is 13.6 Å². The lowest BCUT2D eigenvalue weighted by atomic mass is 10.3. The normalized spacial score (nSPS) is 12.1. The van der Waals surface area contributed by atoms with Gasteiger partial charge in [-0.25, -0.2) is 4.39 Å². The molecule has 0 unspecified atom stereocenters. The molecule has 1 amide bonds. The number of nitrogens with zero attached hydrogens (tertiary/aromatic N) is 3. The summed E-state index contributed by atoms with van der Waals surface area (Å²) in [7, 11) is 0. The third kappa shape index (κ3) is 4.02. The lowest BCUT2D eigenvalue weighted by Gasteiger charge is -2.12. The number of thioether (sulfide) groups is 1. The van der Waals surface area contributed by atoms with Crippen LogP contribution in [0.25, 0.3) is 0 Å². The first-order valence-electron chi connectivity index (χ1n) is 7.25. The average Bonchev–Trinajstić information content (AvgIpc) is 3.22. The average molecular weight is 346 g/mol. The second-order valence-electron chi connectivity index (χ2n) is 5.08. The molecule has 2 aromatic heterocycles. The molecular formula is C16H15FN4O2S. The monoisotopic (exact) mass is 346 g/mol. The number of furan rings is 1. The molecule has 0 aliphatic rings. The summed E-state index contributed by atoms with van der Waals surface area (Å²) in [6.07, 6.45) is 3.20. The zero-order valence-corrected chi connectivity index (χ0v) is 13.7. The molecule has 3 aromatic rings. The van der Waals surface area contributed by atoms with Crippen LogP contribution in [0.3, 0.4) is 0 Å². The van der Waals surface area contributed by atoms with E-state index in [9.17, 15) is 9.18 Å². The van der Waals surface area contributed by atoms with Crippen LogP contribution in [0.4, 0.5) is 10.1 Å². The number of rotatable bonds is 6. The second kappa shape index (κ2) is 7.31. The van der Waals surface area contributed by atoms with Crippen molar-refractivity contribution >= 4 is 23.4 Å². The number of halogens is 1. The highest BCUT2D eigenvalue weighted by Crippen LogP contribution is 2.23. The standard InChI is InChI=1S/C16H15FN4O2S/c1-11(15(22)19-13-6-4-12(17)5-7-13)24-16-20-18-10-21(16)9-14-3-2-8-23-14/h2-8,10-11H,9H2,1H3,(H,19,22)/t11-/m0/s1. The van der Waals surface area contributed by atoms with E-state index in [1.165, 1.54) is 36.0 Å². The molecule has 124 valence electrons. The highest BCUT2D eigenvalue weighted by atomic mass is 32.2. The Kier molecular flexibility index (Phi) is 4.95. The Bertz CT molecular complexity index is 802. The van der Waals surface area contributed by atoms with Gasteiger partial charge in [0.1, 0.15) is 17.9 Å². The van der Waals surface area contributed by atoms with E-state index in [1.807, 2.05) is 16.7 Å². The SMILES string of the molecule is C[C@H](Sc1nncn1Cc1ccco1)C(=O)Nc1ccc(F)cc1. The Morgan fingerprint density at radius 1 is 1.38 bits per heavy atom. The zero-order valence-electron chi connectivity index (χ0n) is 12.8. The topological polar surface area (TPSA) is 73.0 Å². The summed E-state index contributed by atoms with van der Waals surface area (Å²) in [5, 5.41) is 10.9. The lowest BCUT2D eigenvalue weighted by molar-refractivity contribution is -0.115. The molecule has 0 fully saturated rings. The van der Waals surface area contributed by atoms with Crippen molar-refractivity contribution in [3.63, 3.8) is 0 Å². The molecule has 0 spiro atoms.